The molecule has 0 fully saturated rings. The Morgan fingerprint density at radius 2 is 2.31 bits per heavy atom. The highest BCUT2D eigenvalue weighted by Crippen LogP contribution is 2.33. The molecule has 3 nitrogen and oxygen atoms in total. The average Bonchev–Trinajstić information content (AvgIpc) is 2.48. The molecule has 0 saturated heterocycles. The standard InChI is InChI=1S/C7H10F2N2OS/c1-7(8,9)5(10)4-3-11-6(12-2)13-4/h3,5H,10H2,1-2H3. The Hall–Kier alpha value is -0.750. The van der Waals surface area contributed by atoms with Crippen LogP contribution in [0.15, 0.2) is 6.20 Å². The van der Waals surface area contributed by atoms with E-state index < -0.39 is 12.0 Å². The summed E-state index contributed by atoms with van der Waals surface area (Å²) >= 11 is 1.03. The second kappa shape index (κ2) is 3.55. The van der Waals surface area contributed by atoms with Gasteiger partial charge in [0.2, 0.25) is 0 Å². The highest BCUT2D eigenvalue weighted by molar-refractivity contribution is 7.13. The van der Waals surface area contributed by atoms with E-state index >= 15 is 0 Å². The lowest BCUT2D eigenvalue weighted by Crippen LogP contribution is -2.28. The lowest BCUT2D eigenvalue weighted by molar-refractivity contribution is -0.00517. The maximum absolute atomic E-state index is 12.7. The first-order chi connectivity index (χ1) is 5.95. The Morgan fingerprint density at radius 1 is 1.69 bits per heavy atom. The van der Waals surface area contributed by atoms with Gasteiger partial charge in [-0.2, -0.15) is 0 Å². The van der Waals surface area contributed by atoms with Crippen molar-refractivity contribution in [1.29, 1.82) is 0 Å². The van der Waals surface area contributed by atoms with Crippen molar-refractivity contribution in [2.75, 3.05) is 7.11 Å². The van der Waals surface area contributed by atoms with Crippen LogP contribution in [0.4, 0.5) is 8.78 Å². The van der Waals surface area contributed by atoms with Crippen LogP contribution in [0, 0.1) is 0 Å². The van der Waals surface area contributed by atoms with Crippen molar-refractivity contribution in [1.82, 2.24) is 4.98 Å². The second-order valence-corrected chi connectivity index (χ2v) is 3.69. The number of alkyl halides is 2. The fourth-order valence-electron chi connectivity index (χ4n) is 0.758. The van der Waals surface area contributed by atoms with Crippen LogP contribution in [-0.4, -0.2) is 18.0 Å². The van der Waals surface area contributed by atoms with E-state index in [1.54, 1.807) is 0 Å². The molecule has 0 amide bonds. The van der Waals surface area contributed by atoms with E-state index in [2.05, 4.69) is 4.98 Å². The summed E-state index contributed by atoms with van der Waals surface area (Å²) in [7, 11) is 1.43. The van der Waals surface area contributed by atoms with Crippen LogP contribution in [-0.2, 0) is 0 Å². The second-order valence-electron chi connectivity index (χ2n) is 2.67. The molecule has 1 unspecified atom stereocenters. The summed E-state index contributed by atoms with van der Waals surface area (Å²) < 4.78 is 30.2. The van der Waals surface area contributed by atoms with Crippen LogP contribution >= 0.6 is 11.3 Å². The third-order valence-electron chi connectivity index (χ3n) is 1.53. The lowest BCUT2D eigenvalue weighted by Gasteiger charge is -2.16. The highest BCUT2D eigenvalue weighted by atomic mass is 32.1. The van der Waals surface area contributed by atoms with Gasteiger partial charge in [-0.25, -0.2) is 13.8 Å². The fourth-order valence-corrected chi connectivity index (χ4v) is 1.59. The van der Waals surface area contributed by atoms with Crippen LogP contribution in [0.25, 0.3) is 0 Å². The smallest absolute Gasteiger partial charge is 0.273 e. The van der Waals surface area contributed by atoms with E-state index in [0.717, 1.165) is 18.3 Å². The molecule has 1 rings (SSSR count). The summed E-state index contributed by atoms with van der Waals surface area (Å²) in [5.41, 5.74) is 5.30. The quantitative estimate of drug-likeness (QED) is 0.824. The molecule has 1 heterocycles. The van der Waals surface area contributed by atoms with Gasteiger partial charge in [-0.15, -0.1) is 0 Å². The molecule has 1 aromatic rings. The van der Waals surface area contributed by atoms with Crippen molar-refractivity contribution in [2.24, 2.45) is 5.73 Å². The molecule has 1 aromatic heterocycles. The Bertz CT molecular complexity index is 284. The third-order valence-corrected chi connectivity index (χ3v) is 2.57. The van der Waals surface area contributed by atoms with Crippen molar-refractivity contribution in [3.05, 3.63) is 11.1 Å². The Morgan fingerprint density at radius 3 is 2.69 bits per heavy atom. The minimum Gasteiger partial charge on any atom is -0.473 e. The Balaban J connectivity index is 2.83. The summed E-state index contributed by atoms with van der Waals surface area (Å²) in [6.07, 6.45) is 1.31. The number of hydrogen-bond donors (Lipinski definition) is 1. The van der Waals surface area contributed by atoms with Gasteiger partial charge in [0.15, 0.2) is 0 Å². The minimum atomic E-state index is -2.93. The summed E-state index contributed by atoms with van der Waals surface area (Å²) in [6.45, 7) is 0.782. The molecule has 1 atom stereocenters. The number of halogens is 2. The minimum absolute atomic E-state index is 0.323. The topological polar surface area (TPSA) is 48.1 Å². The van der Waals surface area contributed by atoms with E-state index in [1.165, 1.54) is 13.3 Å². The molecule has 0 aliphatic rings. The number of hydrogen-bond acceptors (Lipinski definition) is 4. The normalized spacial score (nSPS) is 14.2. The van der Waals surface area contributed by atoms with Gasteiger partial charge in [0.1, 0.15) is 6.04 Å². The van der Waals surface area contributed by atoms with Crippen LogP contribution in [0.3, 0.4) is 0 Å². The summed E-state index contributed by atoms with van der Waals surface area (Å²) in [5, 5.41) is 0.342. The average molecular weight is 208 g/mol. The van der Waals surface area contributed by atoms with Crippen molar-refractivity contribution >= 4 is 11.3 Å². The molecular formula is C7H10F2N2OS. The van der Waals surface area contributed by atoms with Gasteiger partial charge >= 0.3 is 0 Å². The summed E-state index contributed by atoms with van der Waals surface area (Å²) in [4.78, 5) is 4.08. The highest BCUT2D eigenvalue weighted by Gasteiger charge is 2.33. The number of nitrogens with zero attached hydrogens (tertiary/aromatic N) is 1. The first-order valence-electron chi connectivity index (χ1n) is 3.58. The van der Waals surface area contributed by atoms with Gasteiger partial charge in [0.25, 0.3) is 11.1 Å². The monoisotopic (exact) mass is 208 g/mol. The zero-order valence-electron chi connectivity index (χ0n) is 7.25. The van der Waals surface area contributed by atoms with Gasteiger partial charge < -0.3 is 10.5 Å². The van der Waals surface area contributed by atoms with Crippen LogP contribution < -0.4 is 10.5 Å². The van der Waals surface area contributed by atoms with Gasteiger partial charge in [0.05, 0.1) is 12.0 Å². The first kappa shape index (κ1) is 10.3. The molecule has 0 saturated carbocycles. The van der Waals surface area contributed by atoms with E-state index in [0.29, 0.717) is 10.1 Å². The summed E-state index contributed by atoms with van der Waals surface area (Å²) in [5.74, 6) is -2.93. The van der Waals surface area contributed by atoms with Gasteiger partial charge in [-0.05, 0) is 0 Å². The predicted molar refractivity (Wildman–Crippen MR) is 46.2 cm³/mol. The van der Waals surface area contributed by atoms with Crippen molar-refractivity contribution < 1.29 is 13.5 Å². The van der Waals surface area contributed by atoms with Gasteiger partial charge in [-0.1, -0.05) is 11.3 Å². The number of ether oxygens (including phenoxy) is 1. The maximum Gasteiger partial charge on any atom is 0.273 e. The zero-order valence-corrected chi connectivity index (χ0v) is 8.07. The van der Waals surface area contributed by atoms with E-state index in [9.17, 15) is 8.78 Å². The van der Waals surface area contributed by atoms with Crippen LogP contribution in [0.5, 0.6) is 5.19 Å². The number of aromatic nitrogens is 1. The van der Waals surface area contributed by atoms with Gasteiger partial charge in [-0.3, -0.25) is 0 Å². The van der Waals surface area contributed by atoms with E-state index in [1.807, 2.05) is 0 Å². The van der Waals surface area contributed by atoms with Crippen LogP contribution in [0.1, 0.15) is 17.8 Å². The molecule has 74 valence electrons. The largest absolute Gasteiger partial charge is 0.473 e. The number of methoxy groups -OCH3 is 1. The number of nitrogens with two attached hydrogens (primary N) is 1. The first-order valence-corrected chi connectivity index (χ1v) is 4.40. The van der Waals surface area contributed by atoms with Crippen molar-refractivity contribution in [2.45, 2.75) is 18.9 Å². The Labute approximate surface area is 78.5 Å². The lowest BCUT2D eigenvalue weighted by atomic mass is 10.1. The van der Waals surface area contributed by atoms with Crippen molar-refractivity contribution in [3.63, 3.8) is 0 Å². The predicted octanol–water partition coefficient (Wildman–Crippen LogP) is 1.81. The van der Waals surface area contributed by atoms with Crippen molar-refractivity contribution in [3.8, 4) is 5.19 Å². The zero-order chi connectivity index (χ0) is 10.1. The van der Waals surface area contributed by atoms with E-state index in [-0.39, 0.29) is 0 Å². The molecule has 0 aromatic carbocycles. The third kappa shape index (κ3) is 2.35. The molecule has 0 aliphatic heterocycles. The van der Waals surface area contributed by atoms with Gasteiger partial charge in [0, 0.05) is 13.1 Å². The molecule has 0 aliphatic carbocycles. The molecule has 0 spiro atoms. The molecule has 2 N–H and O–H groups in total. The molecule has 0 bridgehead atoms. The van der Waals surface area contributed by atoms with Crippen LogP contribution in [0.2, 0.25) is 0 Å². The van der Waals surface area contributed by atoms with E-state index in [4.69, 9.17) is 10.5 Å². The number of thiazole rings is 1. The fraction of sp³-hybridized carbons (Fsp3) is 0.571. The molecule has 6 heteroatoms. The summed E-state index contributed by atoms with van der Waals surface area (Å²) in [6, 6.07) is -1.31. The number of rotatable bonds is 3. The maximum atomic E-state index is 12.7. The molecule has 0 radical (unpaired) electrons. The SMILES string of the molecule is COc1ncc(C(N)C(C)(F)F)s1. The Kier molecular flexibility index (Phi) is 2.82. The molecular weight excluding hydrogens is 198 g/mol. The molecule has 13 heavy (non-hydrogen) atoms.